The van der Waals surface area contributed by atoms with Crippen molar-refractivity contribution in [2.24, 2.45) is 0 Å². The zero-order valence-corrected chi connectivity index (χ0v) is 13.1. The van der Waals surface area contributed by atoms with Gasteiger partial charge in [-0.15, -0.1) is 0 Å². The fraction of sp³-hybridized carbons (Fsp3) is 1.00. The summed E-state index contributed by atoms with van der Waals surface area (Å²) in [7, 11) is 0. The van der Waals surface area contributed by atoms with Gasteiger partial charge < -0.3 is 4.74 Å². The van der Waals surface area contributed by atoms with Gasteiger partial charge in [0.15, 0.2) is 0 Å². The number of hydrogen-bond donors (Lipinski definition) is 0. The van der Waals surface area contributed by atoms with Crippen LogP contribution in [0.4, 0.5) is 0 Å². The first kappa shape index (κ1) is 14.8. The van der Waals surface area contributed by atoms with Crippen molar-refractivity contribution in [2.45, 2.75) is 69.9 Å². The van der Waals surface area contributed by atoms with E-state index in [2.05, 4.69) is 9.80 Å². The molecule has 0 bridgehead atoms. The molecule has 3 rings (SSSR count). The van der Waals surface area contributed by atoms with E-state index in [1.807, 2.05) is 0 Å². The molecule has 1 aliphatic carbocycles. The van der Waals surface area contributed by atoms with Crippen molar-refractivity contribution >= 4 is 0 Å². The summed E-state index contributed by atoms with van der Waals surface area (Å²) in [5, 5.41) is 0. The maximum absolute atomic E-state index is 6.11. The van der Waals surface area contributed by atoms with Crippen LogP contribution < -0.4 is 0 Å². The van der Waals surface area contributed by atoms with Crippen molar-refractivity contribution in [1.82, 2.24) is 9.80 Å². The molecule has 2 aliphatic heterocycles. The molecule has 0 aromatic rings. The molecule has 3 heteroatoms. The third-order valence-corrected chi connectivity index (χ3v) is 5.45. The van der Waals surface area contributed by atoms with Crippen LogP contribution in [0.5, 0.6) is 0 Å². The number of piperidine rings is 1. The first-order valence-corrected chi connectivity index (χ1v) is 9.00. The Labute approximate surface area is 124 Å². The second-order valence-corrected chi connectivity index (χ2v) is 6.97. The molecule has 0 aromatic carbocycles. The van der Waals surface area contributed by atoms with Gasteiger partial charge in [-0.1, -0.05) is 25.7 Å². The van der Waals surface area contributed by atoms with Gasteiger partial charge in [0, 0.05) is 19.1 Å². The first-order chi connectivity index (χ1) is 9.92. The summed E-state index contributed by atoms with van der Waals surface area (Å²) in [4.78, 5) is 5.41. The molecule has 0 spiro atoms. The minimum atomic E-state index is 0.571. The molecule has 20 heavy (non-hydrogen) atoms. The topological polar surface area (TPSA) is 15.7 Å². The molecule has 1 atom stereocenters. The Kier molecular flexibility index (Phi) is 5.75. The van der Waals surface area contributed by atoms with Crippen LogP contribution in [0.3, 0.4) is 0 Å². The van der Waals surface area contributed by atoms with Crippen LogP contribution in [-0.4, -0.2) is 61.3 Å². The summed E-state index contributed by atoms with van der Waals surface area (Å²) < 4.78 is 6.11. The van der Waals surface area contributed by atoms with Crippen LogP contribution in [0.25, 0.3) is 0 Å². The lowest BCUT2D eigenvalue weighted by Crippen LogP contribution is -2.44. The lowest BCUT2D eigenvalue weighted by Gasteiger charge is -2.35. The molecule has 0 amide bonds. The Hall–Kier alpha value is -0.120. The maximum Gasteiger partial charge on any atom is 0.0597 e. The number of rotatable bonds is 4. The molecule has 1 saturated carbocycles. The van der Waals surface area contributed by atoms with Crippen LogP contribution >= 0.6 is 0 Å². The van der Waals surface area contributed by atoms with Gasteiger partial charge in [-0.25, -0.2) is 0 Å². The average Bonchev–Trinajstić information content (AvgIpc) is 2.70. The molecule has 3 aliphatic rings. The maximum atomic E-state index is 6.11. The summed E-state index contributed by atoms with van der Waals surface area (Å²) in [5.41, 5.74) is 0. The third kappa shape index (κ3) is 4.19. The smallest absolute Gasteiger partial charge is 0.0597 e. The number of fused-ring (bicyclic) bond motifs is 1. The highest BCUT2D eigenvalue weighted by Gasteiger charge is 2.26. The first-order valence-electron chi connectivity index (χ1n) is 9.00. The monoisotopic (exact) mass is 280 g/mol. The largest absolute Gasteiger partial charge is 0.377 e. The van der Waals surface area contributed by atoms with Crippen molar-refractivity contribution in [3.63, 3.8) is 0 Å². The summed E-state index contributed by atoms with van der Waals surface area (Å²) in [5.74, 6) is 0. The van der Waals surface area contributed by atoms with E-state index >= 15 is 0 Å². The van der Waals surface area contributed by atoms with Crippen molar-refractivity contribution in [3.8, 4) is 0 Å². The lowest BCUT2D eigenvalue weighted by molar-refractivity contribution is 0.0143. The zero-order chi connectivity index (χ0) is 13.6. The highest BCUT2D eigenvalue weighted by molar-refractivity contribution is 4.83. The van der Waals surface area contributed by atoms with E-state index in [0.29, 0.717) is 6.10 Å². The van der Waals surface area contributed by atoms with Gasteiger partial charge in [0.2, 0.25) is 0 Å². The SMILES string of the molecule is C1CCC(OCCN2CCCN3CCCCC3C2)CC1. The van der Waals surface area contributed by atoms with E-state index in [-0.39, 0.29) is 0 Å². The van der Waals surface area contributed by atoms with E-state index in [9.17, 15) is 0 Å². The average molecular weight is 280 g/mol. The van der Waals surface area contributed by atoms with Gasteiger partial charge in [0.1, 0.15) is 0 Å². The highest BCUT2D eigenvalue weighted by Crippen LogP contribution is 2.22. The van der Waals surface area contributed by atoms with Crippen LogP contribution in [0.1, 0.15) is 57.8 Å². The zero-order valence-electron chi connectivity index (χ0n) is 13.1. The molecule has 0 N–H and O–H groups in total. The van der Waals surface area contributed by atoms with Crippen molar-refractivity contribution in [3.05, 3.63) is 0 Å². The van der Waals surface area contributed by atoms with Gasteiger partial charge >= 0.3 is 0 Å². The van der Waals surface area contributed by atoms with E-state index in [1.165, 1.54) is 84.0 Å². The molecule has 3 fully saturated rings. The fourth-order valence-corrected chi connectivity index (χ4v) is 4.23. The number of hydrogen-bond acceptors (Lipinski definition) is 3. The Morgan fingerprint density at radius 3 is 2.50 bits per heavy atom. The minimum Gasteiger partial charge on any atom is -0.377 e. The molecule has 1 unspecified atom stereocenters. The predicted molar refractivity (Wildman–Crippen MR) is 83.1 cm³/mol. The van der Waals surface area contributed by atoms with Crippen LogP contribution in [0.15, 0.2) is 0 Å². The lowest BCUT2D eigenvalue weighted by atomic mass is 9.98. The molecule has 2 saturated heterocycles. The Balaban J connectivity index is 1.38. The van der Waals surface area contributed by atoms with E-state index in [0.717, 1.165) is 19.2 Å². The normalized spacial score (nSPS) is 30.9. The summed E-state index contributed by atoms with van der Waals surface area (Å²) in [6, 6.07) is 0.834. The summed E-state index contributed by atoms with van der Waals surface area (Å²) in [6.07, 6.45) is 13.0. The molecule has 2 heterocycles. The van der Waals surface area contributed by atoms with E-state index in [1.54, 1.807) is 0 Å². The Bertz CT molecular complexity index is 278. The molecule has 116 valence electrons. The van der Waals surface area contributed by atoms with Crippen LogP contribution in [0.2, 0.25) is 0 Å². The summed E-state index contributed by atoms with van der Waals surface area (Å²) >= 11 is 0. The highest BCUT2D eigenvalue weighted by atomic mass is 16.5. The third-order valence-electron chi connectivity index (χ3n) is 5.45. The van der Waals surface area contributed by atoms with Crippen LogP contribution in [-0.2, 0) is 4.74 Å². The fourth-order valence-electron chi connectivity index (χ4n) is 4.23. The quantitative estimate of drug-likeness (QED) is 0.787. The standard InChI is InChI=1S/C17H32N2O/c1-2-8-17(9-3-1)20-14-13-18-10-6-12-19-11-5-4-7-16(19)15-18/h16-17H,1-15H2. The van der Waals surface area contributed by atoms with Crippen molar-refractivity contribution < 1.29 is 4.74 Å². The van der Waals surface area contributed by atoms with Gasteiger partial charge in [0.05, 0.1) is 12.7 Å². The minimum absolute atomic E-state index is 0.571. The predicted octanol–water partition coefficient (Wildman–Crippen LogP) is 2.90. The van der Waals surface area contributed by atoms with Gasteiger partial charge in [-0.3, -0.25) is 9.80 Å². The molecular formula is C17H32N2O. The van der Waals surface area contributed by atoms with E-state index < -0.39 is 0 Å². The van der Waals surface area contributed by atoms with Crippen LogP contribution in [0, 0.1) is 0 Å². The summed E-state index contributed by atoms with van der Waals surface area (Å²) in [6.45, 7) is 7.34. The van der Waals surface area contributed by atoms with Gasteiger partial charge in [0.25, 0.3) is 0 Å². The van der Waals surface area contributed by atoms with Gasteiger partial charge in [-0.05, 0) is 51.7 Å². The number of ether oxygens (including phenoxy) is 1. The molecule has 3 nitrogen and oxygen atoms in total. The second kappa shape index (κ2) is 7.77. The second-order valence-electron chi connectivity index (χ2n) is 6.97. The van der Waals surface area contributed by atoms with Crippen molar-refractivity contribution in [2.75, 3.05) is 39.3 Å². The molecule has 0 aromatic heterocycles. The molecular weight excluding hydrogens is 248 g/mol. The van der Waals surface area contributed by atoms with Gasteiger partial charge in [-0.2, -0.15) is 0 Å². The van der Waals surface area contributed by atoms with Crippen molar-refractivity contribution in [1.29, 1.82) is 0 Å². The number of nitrogens with zero attached hydrogens (tertiary/aromatic N) is 2. The molecule has 0 radical (unpaired) electrons. The Morgan fingerprint density at radius 2 is 1.60 bits per heavy atom. The Morgan fingerprint density at radius 1 is 0.800 bits per heavy atom. The van der Waals surface area contributed by atoms with E-state index in [4.69, 9.17) is 4.74 Å².